The summed E-state index contributed by atoms with van der Waals surface area (Å²) < 4.78 is 13.6. The van der Waals surface area contributed by atoms with Crippen molar-refractivity contribution < 1.29 is 23.0 Å². The zero-order chi connectivity index (χ0) is 18.2. The molecule has 1 aromatic rings. The fraction of sp³-hybridized carbons (Fsp3) is 0.500. The Bertz CT molecular complexity index is 619. The minimum atomic E-state index is -1.92. The van der Waals surface area contributed by atoms with Crippen LogP contribution in [0.3, 0.4) is 0 Å². The van der Waals surface area contributed by atoms with Crippen LogP contribution >= 0.6 is 19.4 Å². The average Bonchev–Trinajstić information content (AvgIpc) is 2.94. The molecular formula is C18H26Cl2N2O2Ru. The van der Waals surface area contributed by atoms with Crippen LogP contribution in [-0.4, -0.2) is 47.4 Å². The molecule has 1 aliphatic rings. The quantitative estimate of drug-likeness (QED) is 0.392. The Labute approximate surface area is 163 Å². The van der Waals surface area contributed by atoms with Crippen molar-refractivity contribution in [2.24, 2.45) is 0 Å². The molecule has 1 heterocycles. The van der Waals surface area contributed by atoms with Gasteiger partial charge in [0.2, 0.25) is 0 Å². The predicted molar refractivity (Wildman–Crippen MR) is 102 cm³/mol. The summed E-state index contributed by atoms with van der Waals surface area (Å²) in [7, 11) is 14.1. The topological polar surface area (TPSA) is 24.9 Å². The fourth-order valence-electron chi connectivity index (χ4n) is 2.48. The zero-order valence-corrected chi connectivity index (χ0v) is 18.1. The summed E-state index contributed by atoms with van der Waals surface area (Å²) >= 11 is -1.92. The van der Waals surface area contributed by atoms with Crippen molar-refractivity contribution in [3.8, 4) is 11.5 Å². The summed E-state index contributed by atoms with van der Waals surface area (Å²) in [6, 6.07) is 5.83. The van der Waals surface area contributed by atoms with Gasteiger partial charge in [-0.1, -0.05) is 0 Å². The summed E-state index contributed by atoms with van der Waals surface area (Å²) in [4.78, 5) is 4.47. The Hall–Kier alpha value is -0.767. The Morgan fingerprint density at radius 2 is 2.04 bits per heavy atom. The molecule has 1 aromatic carbocycles. The van der Waals surface area contributed by atoms with Gasteiger partial charge < -0.3 is 0 Å². The van der Waals surface area contributed by atoms with Crippen LogP contribution in [0.15, 0.2) is 30.6 Å². The van der Waals surface area contributed by atoms with Crippen molar-refractivity contribution >= 4 is 24.0 Å². The van der Waals surface area contributed by atoms with Crippen LogP contribution in [0.4, 0.5) is 0 Å². The molecule has 7 heteroatoms. The van der Waals surface area contributed by atoms with Gasteiger partial charge in [-0.05, 0) is 0 Å². The van der Waals surface area contributed by atoms with E-state index in [2.05, 4.69) is 29.2 Å². The van der Waals surface area contributed by atoms with Crippen molar-refractivity contribution in [2.45, 2.75) is 32.8 Å². The number of hydrogen-bond donors (Lipinski definition) is 0. The van der Waals surface area contributed by atoms with Crippen LogP contribution in [-0.2, 0) is 13.5 Å². The first-order chi connectivity index (χ1) is 11.9. The molecule has 0 fully saturated rings. The third-order valence-electron chi connectivity index (χ3n) is 3.58. The second kappa shape index (κ2) is 10.4. The number of halogens is 2. The molecule has 0 unspecified atom stereocenters. The molecule has 0 atom stereocenters. The van der Waals surface area contributed by atoms with Gasteiger partial charge in [0.25, 0.3) is 0 Å². The molecule has 4 nitrogen and oxygen atoms in total. The summed E-state index contributed by atoms with van der Waals surface area (Å²) in [6.07, 6.45) is 6.45. The molecular weight excluding hydrogens is 448 g/mol. The average molecular weight is 474 g/mol. The van der Waals surface area contributed by atoms with Crippen molar-refractivity contribution in [2.75, 3.05) is 26.9 Å². The number of hydrogen-bond acceptors (Lipinski definition) is 4. The van der Waals surface area contributed by atoms with E-state index in [1.165, 1.54) is 0 Å². The van der Waals surface area contributed by atoms with E-state index in [0.29, 0.717) is 6.61 Å². The van der Waals surface area contributed by atoms with Gasteiger partial charge in [0.1, 0.15) is 0 Å². The molecule has 0 saturated carbocycles. The van der Waals surface area contributed by atoms with E-state index >= 15 is 0 Å². The summed E-state index contributed by atoms with van der Waals surface area (Å²) in [6.45, 7) is 6.71. The number of benzene rings is 1. The van der Waals surface area contributed by atoms with E-state index in [1.807, 2.05) is 36.7 Å². The Kier molecular flexibility index (Phi) is 8.55. The Morgan fingerprint density at radius 1 is 1.24 bits per heavy atom. The number of rotatable bonds is 9. The van der Waals surface area contributed by atoms with Crippen molar-refractivity contribution in [3.63, 3.8) is 0 Å². The number of nitrogens with zero attached hydrogens (tertiary/aromatic N) is 2. The van der Waals surface area contributed by atoms with E-state index in [9.17, 15) is 0 Å². The first-order valence-electron chi connectivity index (χ1n) is 8.33. The standard InChI is InChI=1S/C18H26N2O2.2ClH.Ru/c1-15(2)22-18-8-7-17(13-16(18)3)21-12-6-5-9-20-11-10-19(4)14-20;;;/h3,7-8,10-11,13,15H,5-6,9,12,14H2,1-2,4H3;2*1H;/q;;;+2/p-2. The van der Waals surface area contributed by atoms with Crippen LogP contribution in [0.2, 0.25) is 0 Å². The Balaban J connectivity index is 1.83. The maximum atomic E-state index is 6.03. The molecule has 2 rings (SSSR count). The SMILES string of the molecule is CC(C)Oc1ccc(OCCCCN2C=CN(C)C2)cc1[CH]=[Ru]([Cl])[Cl]. The second-order valence-electron chi connectivity index (χ2n) is 6.24. The van der Waals surface area contributed by atoms with Crippen LogP contribution in [0, 0.1) is 0 Å². The van der Waals surface area contributed by atoms with E-state index in [4.69, 9.17) is 28.9 Å². The molecule has 0 saturated heterocycles. The van der Waals surface area contributed by atoms with Crippen molar-refractivity contribution in [1.29, 1.82) is 0 Å². The minimum absolute atomic E-state index is 0.101. The van der Waals surface area contributed by atoms with Crippen molar-refractivity contribution in [3.05, 3.63) is 36.2 Å². The van der Waals surface area contributed by atoms with Gasteiger partial charge >= 0.3 is 157 Å². The van der Waals surface area contributed by atoms with Gasteiger partial charge in [0.15, 0.2) is 0 Å². The van der Waals surface area contributed by atoms with Crippen LogP contribution in [0.1, 0.15) is 32.3 Å². The molecule has 0 amide bonds. The van der Waals surface area contributed by atoms with Gasteiger partial charge in [0.05, 0.1) is 0 Å². The third kappa shape index (κ3) is 7.56. The van der Waals surface area contributed by atoms with E-state index < -0.39 is 13.5 Å². The molecule has 0 aliphatic carbocycles. The van der Waals surface area contributed by atoms with Gasteiger partial charge in [-0.15, -0.1) is 0 Å². The van der Waals surface area contributed by atoms with E-state index in [0.717, 1.165) is 43.1 Å². The summed E-state index contributed by atoms with van der Waals surface area (Å²) in [5, 5.41) is 0. The molecule has 0 N–H and O–H groups in total. The number of unbranched alkanes of at least 4 members (excludes halogenated alkanes) is 1. The van der Waals surface area contributed by atoms with Crippen molar-refractivity contribution in [1.82, 2.24) is 9.80 Å². The maximum absolute atomic E-state index is 6.03. The van der Waals surface area contributed by atoms with Crippen LogP contribution in [0.5, 0.6) is 11.5 Å². The van der Waals surface area contributed by atoms with Crippen LogP contribution in [0.25, 0.3) is 0 Å². The second-order valence-corrected chi connectivity index (χ2v) is 12.0. The van der Waals surface area contributed by atoms with Gasteiger partial charge in [0, 0.05) is 7.05 Å². The molecule has 0 spiro atoms. The van der Waals surface area contributed by atoms with Gasteiger partial charge in [-0.2, -0.15) is 0 Å². The monoisotopic (exact) mass is 474 g/mol. The first-order valence-corrected chi connectivity index (χ1v) is 13.8. The van der Waals surface area contributed by atoms with E-state index in [-0.39, 0.29) is 6.10 Å². The zero-order valence-electron chi connectivity index (χ0n) is 14.9. The molecule has 0 aromatic heterocycles. The first kappa shape index (κ1) is 20.5. The molecule has 142 valence electrons. The summed E-state index contributed by atoms with van der Waals surface area (Å²) in [5.74, 6) is 1.62. The van der Waals surface area contributed by atoms with E-state index in [1.54, 1.807) is 0 Å². The normalized spacial score (nSPS) is 14.2. The van der Waals surface area contributed by atoms with Gasteiger partial charge in [-0.3, -0.25) is 0 Å². The third-order valence-corrected chi connectivity index (χ3v) is 5.41. The van der Waals surface area contributed by atoms with Crippen LogP contribution < -0.4 is 9.47 Å². The molecule has 0 bridgehead atoms. The molecule has 1 aliphatic heterocycles. The fourth-order valence-corrected chi connectivity index (χ4v) is 4.27. The summed E-state index contributed by atoms with van der Waals surface area (Å²) in [5.41, 5.74) is 0.917. The molecule has 0 radical (unpaired) electrons. The van der Waals surface area contributed by atoms with Gasteiger partial charge in [-0.25, -0.2) is 0 Å². The number of ether oxygens (including phenoxy) is 2. The Morgan fingerprint density at radius 3 is 2.68 bits per heavy atom. The predicted octanol–water partition coefficient (Wildman–Crippen LogP) is 4.39. The molecule has 25 heavy (non-hydrogen) atoms.